The Morgan fingerprint density at radius 2 is 1.87 bits per heavy atom. The smallest absolute Gasteiger partial charge is 0.135 e. The van der Waals surface area contributed by atoms with Crippen molar-refractivity contribution in [2.24, 2.45) is 5.92 Å². The summed E-state index contributed by atoms with van der Waals surface area (Å²) in [7, 11) is 0. The zero-order valence-electron chi connectivity index (χ0n) is 10.5. The lowest BCUT2D eigenvalue weighted by molar-refractivity contribution is -0.122. The molecular weight excluding hydrogens is 195 g/mol. The highest BCUT2D eigenvalue weighted by Gasteiger charge is 2.16. The summed E-state index contributed by atoms with van der Waals surface area (Å²) in [5.41, 5.74) is -0.313. The molecule has 0 N–H and O–H groups in total. The first-order chi connectivity index (χ1) is 6.72. The third-order valence-corrected chi connectivity index (χ3v) is 2.05. The summed E-state index contributed by atoms with van der Waals surface area (Å²) in [5.74, 6) is 0.120. The van der Waals surface area contributed by atoms with E-state index in [9.17, 15) is 9.18 Å². The monoisotopic (exact) mass is 218 g/mol. The molecule has 0 rings (SSSR count). The highest BCUT2D eigenvalue weighted by atomic mass is 19.1. The first-order valence-electron chi connectivity index (χ1n) is 5.53. The van der Waals surface area contributed by atoms with Gasteiger partial charge in [0.05, 0.1) is 12.2 Å². The topological polar surface area (TPSA) is 26.3 Å². The van der Waals surface area contributed by atoms with Gasteiger partial charge in [-0.3, -0.25) is 4.79 Å². The maximum Gasteiger partial charge on any atom is 0.135 e. The van der Waals surface area contributed by atoms with Crippen LogP contribution in [0.25, 0.3) is 0 Å². The number of alkyl halides is 1. The summed E-state index contributed by atoms with van der Waals surface area (Å²) >= 11 is 0. The minimum absolute atomic E-state index is 0.000680. The summed E-state index contributed by atoms with van der Waals surface area (Å²) < 4.78 is 18.6. The van der Waals surface area contributed by atoms with Crippen molar-refractivity contribution < 1.29 is 13.9 Å². The number of carbonyl (C=O) groups is 1. The van der Waals surface area contributed by atoms with Crippen molar-refractivity contribution >= 4 is 5.78 Å². The minimum Gasteiger partial charge on any atom is -0.373 e. The van der Waals surface area contributed by atoms with Gasteiger partial charge in [-0.15, -0.1) is 0 Å². The van der Waals surface area contributed by atoms with Crippen LogP contribution in [0, 0.1) is 5.92 Å². The molecule has 0 amide bonds. The van der Waals surface area contributed by atoms with Gasteiger partial charge >= 0.3 is 0 Å². The molecule has 0 spiro atoms. The Balaban J connectivity index is 3.67. The van der Waals surface area contributed by atoms with Crippen LogP contribution in [0.15, 0.2) is 0 Å². The quantitative estimate of drug-likeness (QED) is 0.684. The van der Waals surface area contributed by atoms with Crippen LogP contribution in [0.4, 0.5) is 4.39 Å². The van der Waals surface area contributed by atoms with Crippen LogP contribution < -0.4 is 0 Å². The van der Waals surface area contributed by atoms with Gasteiger partial charge in [0.1, 0.15) is 12.0 Å². The van der Waals surface area contributed by atoms with Crippen molar-refractivity contribution in [2.45, 2.75) is 59.2 Å². The number of Topliss-reactive ketones (excluding diaryl/α,β-unsaturated/α-hetero) is 1. The molecule has 1 unspecified atom stereocenters. The zero-order valence-corrected chi connectivity index (χ0v) is 10.5. The van der Waals surface area contributed by atoms with Gasteiger partial charge in [0, 0.05) is 12.3 Å². The fourth-order valence-electron chi connectivity index (χ4n) is 1.01. The second-order valence-electron chi connectivity index (χ2n) is 5.18. The molecule has 15 heavy (non-hydrogen) atoms. The largest absolute Gasteiger partial charge is 0.373 e. The summed E-state index contributed by atoms with van der Waals surface area (Å²) in [5, 5.41) is 0. The second kappa shape index (κ2) is 6.21. The number of ketones is 1. The molecule has 0 heterocycles. The molecule has 0 radical (unpaired) electrons. The van der Waals surface area contributed by atoms with Crippen molar-refractivity contribution in [3.8, 4) is 0 Å². The van der Waals surface area contributed by atoms with Gasteiger partial charge in [-0.1, -0.05) is 13.8 Å². The van der Waals surface area contributed by atoms with Crippen LogP contribution in [0.2, 0.25) is 0 Å². The Kier molecular flexibility index (Phi) is 6.03. The fourth-order valence-corrected chi connectivity index (χ4v) is 1.01. The molecule has 0 aromatic heterocycles. The van der Waals surface area contributed by atoms with Gasteiger partial charge in [-0.2, -0.15) is 0 Å². The molecule has 0 aliphatic rings. The number of halogens is 1. The molecule has 0 saturated carbocycles. The van der Waals surface area contributed by atoms with E-state index in [2.05, 4.69) is 0 Å². The zero-order chi connectivity index (χ0) is 12.1. The Bertz CT molecular complexity index is 194. The van der Waals surface area contributed by atoms with Crippen molar-refractivity contribution in [1.82, 2.24) is 0 Å². The lowest BCUT2D eigenvalue weighted by Crippen LogP contribution is -2.24. The van der Waals surface area contributed by atoms with Crippen LogP contribution in [0.5, 0.6) is 0 Å². The van der Waals surface area contributed by atoms with E-state index in [4.69, 9.17) is 4.74 Å². The Hall–Kier alpha value is -0.440. The summed E-state index contributed by atoms with van der Waals surface area (Å²) in [6, 6.07) is 0. The molecule has 0 fully saturated rings. The van der Waals surface area contributed by atoms with Crippen molar-refractivity contribution in [2.75, 3.05) is 6.61 Å². The molecule has 0 saturated heterocycles. The predicted molar refractivity (Wildman–Crippen MR) is 59.7 cm³/mol. The van der Waals surface area contributed by atoms with Crippen LogP contribution >= 0.6 is 0 Å². The lowest BCUT2D eigenvalue weighted by Gasteiger charge is -2.21. The van der Waals surface area contributed by atoms with E-state index in [0.29, 0.717) is 6.42 Å². The average Bonchev–Trinajstić information content (AvgIpc) is 2.09. The van der Waals surface area contributed by atoms with E-state index in [1.165, 1.54) is 0 Å². The third-order valence-electron chi connectivity index (χ3n) is 2.05. The van der Waals surface area contributed by atoms with Gasteiger partial charge in [0.15, 0.2) is 0 Å². The molecule has 0 aliphatic heterocycles. The average molecular weight is 218 g/mol. The maximum absolute atomic E-state index is 13.3. The molecule has 90 valence electrons. The van der Waals surface area contributed by atoms with Crippen LogP contribution in [-0.4, -0.2) is 24.2 Å². The normalized spacial score (nSPS) is 14.3. The molecule has 0 bridgehead atoms. The number of hydrogen-bond acceptors (Lipinski definition) is 2. The van der Waals surface area contributed by atoms with Crippen molar-refractivity contribution in [3.05, 3.63) is 0 Å². The predicted octanol–water partition coefficient (Wildman–Crippen LogP) is 3.14. The first kappa shape index (κ1) is 14.6. The Labute approximate surface area is 92.2 Å². The minimum atomic E-state index is -1.04. The first-order valence-corrected chi connectivity index (χ1v) is 5.53. The molecule has 2 nitrogen and oxygen atoms in total. The summed E-state index contributed by atoms with van der Waals surface area (Å²) in [6.07, 6.45) is -0.452. The van der Waals surface area contributed by atoms with E-state index in [-0.39, 0.29) is 30.3 Å². The standard InChI is InChI=1S/C12H23FO2/c1-9(2)11(14)7-6-10(13)8-15-12(3,4)5/h9-10H,6-8H2,1-5H3. The number of rotatable bonds is 6. The van der Waals surface area contributed by atoms with Gasteiger partial charge in [0.25, 0.3) is 0 Å². The van der Waals surface area contributed by atoms with Gasteiger partial charge in [-0.05, 0) is 27.2 Å². The molecule has 0 aliphatic carbocycles. The summed E-state index contributed by atoms with van der Waals surface area (Å²) in [6.45, 7) is 9.41. The van der Waals surface area contributed by atoms with E-state index < -0.39 is 6.17 Å². The lowest BCUT2D eigenvalue weighted by atomic mass is 10.0. The van der Waals surface area contributed by atoms with Crippen molar-refractivity contribution in [3.63, 3.8) is 0 Å². The highest BCUT2D eigenvalue weighted by Crippen LogP contribution is 2.12. The highest BCUT2D eigenvalue weighted by molar-refractivity contribution is 5.80. The number of carbonyl (C=O) groups excluding carboxylic acids is 1. The molecule has 0 aromatic rings. The Morgan fingerprint density at radius 1 is 1.33 bits per heavy atom. The van der Waals surface area contributed by atoms with E-state index in [1.807, 2.05) is 34.6 Å². The summed E-state index contributed by atoms with van der Waals surface area (Å²) in [4.78, 5) is 11.2. The molecule has 3 heteroatoms. The SMILES string of the molecule is CC(C)C(=O)CCC(F)COC(C)(C)C. The van der Waals surface area contributed by atoms with Gasteiger partial charge < -0.3 is 4.74 Å². The van der Waals surface area contributed by atoms with Crippen molar-refractivity contribution in [1.29, 1.82) is 0 Å². The van der Waals surface area contributed by atoms with Crippen LogP contribution in [0.3, 0.4) is 0 Å². The van der Waals surface area contributed by atoms with E-state index in [1.54, 1.807) is 0 Å². The molecular formula is C12H23FO2. The van der Waals surface area contributed by atoms with Gasteiger partial charge in [0.2, 0.25) is 0 Å². The van der Waals surface area contributed by atoms with E-state index in [0.717, 1.165) is 0 Å². The number of hydrogen-bond donors (Lipinski definition) is 0. The molecule has 0 aromatic carbocycles. The molecule has 1 atom stereocenters. The number of ether oxygens (including phenoxy) is 1. The van der Waals surface area contributed by atoms with Crippen LogP contribution in [-0.2, 0) is 9.53 Å². The maximum atomic E-state index is 13.3. The fraction of sp³-hybridized carbons (Fsp3) is 0.917. The van der Waals surface area contributed by atoms with Crippen LogP contribution in [0.1, 0.15) is 47.5 Å². The Morgan fingerprint density at radius 3 is 2.27 bits per heavy atom. The van der Waals surface area contributed by atoms with E-state index >= 15 is 0 Å². The van der Waals surface area contributed by atoms with Gasteiger partial charge in [-0.25, -0.2) is 4.39 Å². The second-order valence-corrected chi connectivity index (χ2v) is 5.18. The third kappa shape index (κ3) is 8.55.